The number of hydrogen-bond donors (Lipinski definition) is 0. The first kappa shape index (κ1) is 23.4. The van der Waals surface area contributed by atoms with Gasteiger partial charge in [-0.25, -0.2) is 4.79 Å². The summed E-state index contributed by atoms with van der Waals surface area (Å²) in [6.07, 6.45) is 7.26. The summed E-state index contributed by atoms with van der Waals surface area (Å²) in [7, 11) is 1.75. The van der Waals surface area contributed by atoms with Crippen LogP contribution in [0.3, 0.4) is 0 Å². The van der Waals surface area contributed by atoms with Gasteiger partial charge in [-0.15, -0.1) is 0 Å². The standard InChI is InChI=1S/C29H37NO3/c1-6-21-18-20(19-24-12-11-23-8-7-9-26(32-5)27(23)24)10-13-25(21)22-14-16-30(17-15-22)28(31)33-29(2,3)4/h7-10,13,18-19,22H,6,11-12,14-17H2,1-5H3. The van der Waals surface area contributed by atoms with Crippen molar-refractivity contribution in [2.75, 3.05) is 20.2 Å². The number of ether oxygens (including phenoxy) is 2. The van der Waals surface area contributed by atoms with Crippen molar-refractivity contribution in [1.29, 1.82) is 0 Å². The lowest BCUT2D eigenvalue weighted by Crippen LogP contribution is -2.41. The minimum Gasteiger partial charge on any atom is -0.496 e. The van der Waals surface area contributed by atoms with Gasteiger partial charge in [0.15, 0.2) is 0 Å². The third kappa shape index (κ3) is 5.26. The van der Waals surface area contributed by atoms with Gasteiger partial charge in [-0.1, -0.05) is 43.3 Å². The molecule has 4 nitrogen and oxygen atoms in total. The van der Waals surface area contributed by atoms with Crippen LogP contribution >= 0.6 is 0 Å². The summed E-state index contributed by atoms with van der Waals surface area (Å²) in [5.41, 5.74) is 7.68. The fourth-order valence-corrected chi connectivity index (χ4v) is 5.18. The number of aryl methyl sites for hydroxylation is 2. The highest BCUT2D eigenvalue weighted by molar-refractivity contribution is 5.88. The van der Waals surface area contributed by atoms with Crippen LogP contribution in [0.1, 0.15) is 80.7 Å². The van der Waals surface area contributed by atoms with E-state index in [0.717, 1.165) is 50.9 Å². The average Bonchev–Trinajstić information content (AvgIpc) is 3.21. The van der Waals surface area contributed by atoms with Crippen molar-refractivity contribution in [3.05, 3.63) is 64.2 Å². The Morgan fingerprint density at radius 1 is 1.12 bits per heavy atom. The fraction of sp³-hybridized carbons (Fsp3) is 0.483. The zero-order valence-electron chi connectivity index (χ0n) is 20.7. The van der Waals surface area contributed by atoms with Crippen LogP contribution in [0.4, 0.5) is 4.79 Å². The van der Waals surface area contributed by atoms with E-state index >= 15 is 0 Å². The van der Waals surface area contributed by atoms with Crippen LogP contribution in [0.25, 0.3) is 11.6 Å². The average molecular weight is 448 g/mol. The number of methoxy groups -OCH3 is 1. The van der Waals surface area contributed by atoms with Gasteiger partial charge in [-0.2, -0.15) is 0 Å². The van der Waals surface area contributed by atoms with Crippen LogP contribution in [0.15, 0.2) is 36.4 Å². The summed E-state index contributed by atoms with van der Waals surface area (Å²) in [4.78, 5) is 14.3. The Morgan fingerprint density at radius 3 is 2.55 bits per heavy atom. The van der Waals surface area contributed by atoms with E-state index in [1.165, 1.54) is 33.4 Å². The van der Waals surface area contributed by atoms with E-state index in [-0.39, 0.29) is 6.09 Å². The maximum atomic E-state index is 12.4. The third-order valence-electron chi connectivity index (χ3n) is 6.79. The van der Waals surface area contributed by atoms with Gasteiger partial charge in [0.1, 0.15) is 11.4 Å². The van der Waals surface area contributed by atoms with Crippen molar-refractivity contribution < 1.29 is 14.3 Å². The minimum absolute atomic E-state index is 0.189. The highest BCUT2D eigenvalue weighted by atomic mass is 16.6. The Morgan fingerprint density at radius 2 is 1.88 bits per heavy atom. The first-order valence-electron chi connectivity index (χ1n) is 12.3. The van der Waals surface area contributed by atoms with Gasteiger partial charge >= 0.3 is 6.09 Å². The minimum atomic E-state index is -0.447. The van der Waals surface area contributed by atoms with E-state index in [0.29, 0.717) is 5.92 Å². The third-order valence-corrected chi connectivity index (χ3v) is 6.79. The van der Waals surface area contributed by atoms with Crippen LogP contribution in [-0.4, -0.2) is 36.8 Å². The molecular weight excluding hydrogens is 410 g/mol. The van der Waals surface area contributed by atoms with E-state index in [1.807, 2.05) is 25.7 Å². The first-order chi connectivity index (χ1) is 15.8. The number of allylic oxidation sites excluding steroid dienone is 1. The van der Waals surface area contributed by atoms with Crippen molar-refractivity contribution >= 4 is 17.7 Å². The lowest BCUT2D eigenvalue weighted by Gasteiger charge is -2.34. The molecule has 1 amide bonds. The maximum Gasteiger partial charge on any atom is 0.410 e. The summed E-state index contributed by atoms with van der Waals surface area (Å²) < 4.78 is 11.2. The Labute approximate surface area is 198 Å². The molecule has 0 bridgehead atoms. The molecule has 1 fully saturated rings. The lowest BCUT2D eigenvalue weighted by molar-refractivity contribution is 0.0204. The Hall–Kier alpha value is -2.75. The number of likely N-dealkylation sites (tertiary alicyclic amines) is 1. The van der Waals surface area contributed by atoms with E-state index in [1.54, 1.807) is 7.11 Å². The molecule has 4 heteroatoms. The number of nitrogens with zero attached hydrogens (tertiary/aromatic N) is 1. The van der Waals surface area contributed by atoms with Crippen LogP contribution in [0, 0.1) is 0 Å². The van der Waals surface area contributed by atoms with E-state index in [2.05, 4.69) is 49.4 Å². The number of benzene rings is 2. The summed E-state index contributed by atoms with van der Waals surface area (Å²) in [6.45, 7) is 9.50. The van der Waals surface area contributed by atoms with Crippen molar-refractivity contribution in [2.45, 2.75) is 71.3 Å². The molecule has 33 heavy (non-hydrogen) atoms. The molecular formula is C29H37NO3. The van der Waals surface area contributed by atoms with E-state index in [4.69, 9.17) is 9.47 Å². The molecule has 4 rings (SSSR count). The first-order valence-corrected chi connectivity index (χ1v) is 12.3. The molecule has 0 unspecified atom stereocenters. The predicted octanol–water partition coefficient (Wildman–Crippen LogP) is 6.86. The van der Waals surface area contributed by atoms with Gasteiger partial charge in [0.25, 0.3) is 0 Å². The zero-order valence-corrected chi connectivity index (χ0v) is 20.7. The van der Waals surface area contributed by atoms with Crippen molar-refractivity contribution in [3.8, 4) is 5.75 Å². The Balaban J connectivity index is 1.49. The number of piperidine rings is 1. The molecule has 1 heterocycles. The van der Waals surface area contributed by atoms with Gasteiger partial charge in [0, 0.05) is 18.7 Å². The molecule has 1 aliphatic carbocycles. The molecule has 176 valence electrons. The Bertz CT molecular complexity index is 1040. The van der Waals surface area contributed by atoms with Crippen LogP contribution in [0.5, 0.6) is 5.75 Å². The molecule has 0 radical (unpaired) electrons. The van der Waals surface area contributed by atoms with Crippen LogP contribution < -0.4 is 4.74 Å². The molecule has 1 aliphatic heterocycles. The summed E-state index contributed by atoms with van der Waals surface area (Å²) in [6, 6.07) is 13.3. The molecule has 1 saturated heterocycles. The summed E-state index contributed by atoms with van der Waals surface area (Å²) in [5.74, 6) is 1.47. The molecule has 0 saturated carbocycles. The molecule has 2 aromatic carbocycles. The van der Waals surface area contributed by atoms with Crippen molar-refractivity contribution in [2.24, 2.45) is 0 Å². The second-order valence-electron chi connectivity index (χ2n) is 10.2. The SMILES string of the molecule is CCc1cc(C=C2CCc3cccc(OC)c32)ccc1C1CCN(C(=O)OC(C)(C)C)CC1. The largest absolute Gasteiger partial charge is 0.496 e. The highest BCUT2D eigenvalue weighted by Crippen LogP contribution is 2.40. The van der Waals surface area contributed by atoms with Gasteiger partial charge < -0.3 is 14.4 Å². The van der Waals surface area contributed by atoms with Crippen molar-refractivity contribution in [3.63, 3.8) is 0 Å². The second-order valence-corrected chi connectivity index (χ2v) is 10.2. The summed E-state index contributed by atoms with van der Waals surface area (Å²) >= 11 is 0. The maximum absolute atomic E-state index is 12.4. The van der Waals surface area contributed by atoms with E-state index < -0.39 is 5.60 Å². The van der Waals surface area contributed by atoms with Crippen LogP contribution in [0.2, 0.25) is 0 Å². The highest BCUT2D eigenvalue weighted by Gasteiger charge is 2.28. The molecule has 0 aromatic heterocycles. The number of carbonyl (C=O) groups is 1. The quantitative estimate of drug-likeness (QED) is 0.514. The number of hydrogen-bond acceptors (Lipinski definition) is 3. The fourth-order valence-electron chi connectivity index (χ4n) is 5.18. The number of rotatable bonds is 4. The lowest BCUT2D eigenvalue weighted by atomic mass is 9.85. The predicted molar refractivity (Wildman–Crippen MR) is 135 cm³/mol. The van der Waals surface area contributed by atoms with Crippen molar-refractivity contribution in [1.82, 2.24) is 4.90 Å². The number of amides is 1. The second kappa shape index (κ2) is 9.62. The topological polar surface area (TPSA) is 38.8 Å². The monoisotopic (exact) mass is 447 g/mol. The molecule has 2 aliphatic rings. The van der Waals surface area contributed by atoms with Crippen LogP contribution in [-0.2, 0) is 17.6 Å². The molecule has 2 aromatic rings. The van der Waals surface area contributed by atoms with Gasteiger partial charge in [0.2, 0.25) is 0 Å². The molecule has 0 N–H and O–H groups in total. The number of carbonyl (C=O) groups excluding carboxylic acids is 1. The normalized spacial score (nSPS) is 17.8. The van der Waals surface area contributed by atoms with Gasteiger partial charge in [0.05, 0.1) is 7.11 Å². The van der Waals surface area contributed by atoms with E-state index in [9.17, 15) is 4.79 Å². The smallest absolute Gasteiger partial charge is 0.410 e. The van der Waals surface area contributed by atoms with Gasteiger partial charge in [-0.3, -0.25) is 0 Å². The molecule has 0 atom stereocenters. The summed E-state index contributed by atoms with van der Waals surface area (Å²) in [5, 5.41) is 0. The molecule has 0 spiro atoms. The zero-order chi connectivity index (χ0) is 23.6. The van der Waals surface area contributed by atoms with Gasteiger partial charge in [-0.05, 0) is 92.7 Å². The number of fused-ring (bicyclic) bond motifs is 1. The Kier molecular flexibility index (Phi) is 6.83.